The molecule has 0 aromatic heterocycles. The Morgan fingerprint density at radius 1 is 1.10 bits per heavy atom. The Labute approximate surface area is 179 Å². The van der Waals surface area contributed by atoms with E-state index in [2.05, 4.69) is 15.1 Å². The summed E-state index contributed by atoms with van der Waals surface area (Å²) in [5, 5.41) is 13.6. The van der Waals surface area contributed by atoms with Gasteiger partial charge in [0, 0.05) is 38.3 Å². The average molecular weight is 418 g/mol. The number of morpholine rings is 1. The molecule has 166 valence electrons. The van der Waals surface area contributed by atoms with Crippen LogP contribution in [0, 0.1) is 5.92 Å². The minimum Gasteiger partial charge on any atom is -0.492 e. The molecule has 3 fully saturated rings. The third-order valence-corrected chi connectivity index (χ3v) is 6.32. The second-order valence-electron chi connectivity index (χ2n) is 8.82. The molecule has 0 radical (unpaired) electrons. The van der Waals surface area contributed by atoms with Crippen molar-refractivity contribution in [3.05, 3.63) is 29.8 Å². The summed E-state index contributed by atoms with van der Waals surface area (Å²) in [5.41, 5.74) is 0.598. The number of benzene rings is 1. The smallest absolute Gasteiger partial charge is 0.251 e. The zero-order valence-electron chi connectivity index (χ0n) is 17.8. The standard InChI is InChI=1S/C23H35N3O4/c27-22-2-1-9-26(16-18-3-4-18)17-21(22)24-23(28)19-5-7-20(8-6-19)30-15-12-25-10-13-29-14-11-25/h5-8,18,21-22,27H,1-4,9-17H2,(H,24,28). The van der Waals surface area contributed by atoms with Gasteiger partial charge in [-0.05, 0) is 62.4 Å². The Morgan fingerprint density at radius 3 is 2.60 bits per heavy atom. The largest absolute Gasteiger partial charge is 0.492 e. The number of nitrogens with one attached hydrogen (secondary N) is 1. The van der Waals surface area contributed by atoms with Gasteiger partial charge in [-0.15, -0.1) is 0 Å². The van der Waals surface area contributed by atoms with Crippen LogP contribution in [0.15, 0.2) is 24.3 Å². The molecule has 4 rings (SSSR count). The van der Waals surface area contributed by atoms with Gasteiger partial charge in [-0.25, -0.2) is 0 Å². The maximum atomic E-state index is 12.7. The molecule has 0 spiro atoms. The predicted octanol–water partition coefficient (Wildman–Crippen LogP) is 1.36. The molecule has 3 aliphatic rings. The number of aliphatic hydroxyl groups excluding tert-OH is 1. The van der Waals surface area contributed by atoms with Gasteiger partial charge < -0.3 is 24.8 Å². The second kappa shape index (κ2) is 10.6. The lowest BCUT2D eigenvalue weighted by atomic mass is 10.1. The molecule has 2 N–H and O–H groups in total. The third-order valence-electron chi connectivity index (χ3n) is 6.32. The SMILES string of the molecule is O=C(NC1CN(CC2CC2)CCCC1O)c1ccc(OCCN2CCOCC2)cc1. The lowest BCUT2D eigenvalue weighted by Gasteiger charge is -2.27. The van der Waals surface area contributed by atoms with Crippen molar-refractivity contribution < 1.29 is 19.4 Å². The van der Waals surface area contributed by atoms with E-state index >= 15 is 0 Å². The second-order valence-corrected chi connectivity index (χ2v) is 8.82. The minimum atomic E-state index is -0.485. The van der Waals surface area contributed by atoms with Crippen LogP contribution in [-0.4, -0.2) is 92.0 Å². The van der Waals surface area contributed by atoms with Crippen molar-refractivity contribution in [2.75, 3.05) is 59.1 Å². The average Bonchev–Trinajstić information content (AvgIpc) is 3.59. The van der Waals surface area contributed by atoms with Crippen molar-refractivity contribution in [2.24, 2.45) is 5.92 Å². The van der Waals surface area contributed by atoms with Crippen LogP contribution in [0.1, 0.15) is 36.0 Å². The number of likely N-dealkylation sites (tertiary alicyclic amines) is 1. The van der Waals surface area contributed by atoms with Crippen LogP contribution in [0.3, 0.4) is 0 Å². The van der Waals surface area contributed by atoms with Crippen LogP contribution in [0.5, 0.6) is 5.75 Å². The van der Waals surface area contributed by atoms with E-state index in [1.165, 1.54) is 12.8 Å². The summed E-state index contributed by atoms with van der Waals surface area (Å²) in [5.74, 6) is 1.45. The molecule has 1 aliphatic carbocycles. The van der Waals surface area contributed by atoms with Crippen LogP contribution in [0.25, 0.3) is 0 Å². The van der Waals surface area contributed by atoms with Crippen LogP contribution in [0.4, 0.5) is 0 Å². The summed E-state index contributed by atoms with van der Waals surface area (Å²) >= 11 is 0. The van der Waals surface area contributed by atoms with Crippen molar-refractivity contribution in [2.45, 2.75) is 37.8 Å². The molecule has 1 aromatic carbocycles. The number of amides is 1. The Balaban J connectivity index is 1.24. The maximum absolute atomic E-state index is 12.7. The number of hydrogen-bond acceptors (Lipinski definition) is 6. The fourth-order valence-electron chi connectivity index (χ4n) is 4.26. The normalized spacial score (nSPS) is 26.2. The van der Waals surface area contributed by atoms with E-state index in [1.807, 2.05) is 12.1 Å². The van der Waals surface area contributed by atoms with Crippen LogP contribution in [0.2, 0.25) is 0 Å². The molecule has 0 bridgehead atoms. The minimum absolute atomic E-state index is 0.132. The highest BCUT2D eigenvalue weighted by Gasteiger charge is 2.30. The van der Waals surface area contributed by atoms with Gasteiger partial charge in [-0.1, -0.05) is 0 Å². The molecule has 1 aromatic rings. The summed E-state index contributed by atoms with van der Waals surface area (Å²) in [6.45, 7) is 7.81. The number of aliphatic hydroxyl groups is 1. The van der Waals surface area contributed by atoms with E-state index in [0.29, 0.717) is 12.2 Å². The first kappa shape index (κ1) is 21.6. The van der Waals surface area contributed by atoms with Gasteiger partial charge in [0.25, 0.3) is 5.91 Å². The van der Waals surface area contributed by atoms with Gasteiger partial charge in [-0.2, -0.15) is 0 Å². The topological polar surface area (TPSA) is 74.3 Å². The van der Waals surface area contributed by atoms with Gasteiger partial charge in [0.2, 0.25) is 0 Å². The van der Waals surface area contributed by atoms with E-state index in [9.17, 15) is 9.90 Å². The van der Waals surface area contributed by atoms with Gasteiger partial charge in [0.1, 0.15) is 12.4 Å². The summed E-state index contributed by atoms with van der Waals surface area (Å²) in [6, 6.07) is 7.06. The third kappa shape index (κ3) is 6.41. The highest BCUT2D eigenvalue weighted by Crippen LogP contribution is 2.30. The van der Waals surface area contributed by atoms with Crippen LogP contribution in [-0.2, 0) is 4.74 Å². The van der Waals surface area contributed by atoms with Crippen LogP contribution < -0.4 is 10.1 Å². The Kier molecular flexibility index (Phi) is 7.60. The monoisotopic (exact) mass is 417 g/mol. The lowest BCUT2D eigenvalue weighted by Crippen LogP contribution is -2.49. The molecule has 7 nitrogen and oxygen atoms in total. The molecule has 7 heteroatoms. The maximum Gasteiger partial charge on any atom is 0.251 e. The molecule has 30 heavy (non-hydrogen) atoms. The summed E-state index contributed by atoms with van der Waals surface area (Å²) in [4.78, 5) is 17.5. The number of ether oxygens (including phenoxy) is 2. The van der Waals surface area contributed by atoms with Crippen molar-refractivity contribution in [3.8, 4) is 5.75 Å². The van der Waals surface area contributed by atoms with Gasteiger partial charge >= 0.3 is 0 Å². The number of carbonyl (C=O) groups excluding carboxylic acids is 1. The van der Waals surface area contributed by atoms with Crippen molar-refractivity contribution in [1.29, 1.82) is 0 Å². The molecule has 2 atom stereocenters. The predicted molar refractivity (Wildman–Crippen MR) is 115 cm³/mol. The van der Waals surface area contributed by atoms with E-state index in [-0.39, 0.29) is 11.9 Å². The van der Waals surface area contributed by atoms with E-state index in [0.717, 1.165) is 77.0 Å². The van der Waals surface area contributed by atoms with E-state index in [4.69, 9.17) is 9.47 Å². The highest BCUT2D eigenvalue weighted by molar-refractivity contribution is 5.94. The zero-order valence-corrected chi connectivity index (χ0v) is 17.8. The zero-order chi connectivity index (χ0) is 20.8. The lowest BCUT2D eigenvalue weighted by molar-refractivity contribution is 0.0322. The first-order chi connectivity index (χ1) is 14.7. The van der Waals surface area contributed by atoms with Crippen molar-refractivity contribution in [3.63, 3.8) is 0 Å². The summed E-state index contributed by atoms with van der Waals surface area (Å²) < 4.78 is 11.2. The number of rotatable bonds is 8. The molecule has 2 heterocycles. The van der Waals surface area contributed by atoms with Crippen molar-refractivity contribution >= 4 is 5.91 Å². The molecule has 2 unspecified atom stereocenters. The quantitative estimate of drug-likeness (QED) is 0.666. The van der Waals surface area contributed by atoms with Gasteiger partial charge in [0.05, 0.1) is 25.4 Å². The van der Waals surface area contributed by atoms with Gasteiger partial charge in [0.15, 0.2) is 0 Å². The van der Waals surface area contributed by atoms with Gasteiger partial charge in [-0.3, -0.25) is 9.69 Å². The van der Waals surface area contributed by atoms with E-state index in [1.54, 1.807) is 12.1 Å². The number of nitrogens with zero attached hydrogens (tertiary/aromatic N) is 2. The Hall–Kier alpha value is -1.67. The molecule has 2 saturated heterocycles. The fraction of sp³-hybridized carbons (Fsp3) is 0.696. The molecule has 1 saturated carbocycles. The highest BCUT2D eigenvalue weighted by atomic mass is 16.5. The van der Waals surface area contributed by atoms with Crippen LogP contribution >= 0.6 is 0 Å². The molecule has 2 aliphatic heterocycles. The first-order valence-electron chi connectivity index (χ1n) is 11.4. The fourth-order valence-corrected chi connectivity index (χ4v) is 4.26. The molecular formula is C23H35N3O4. The Bertz CT molecular complexity index is 674. The summed E-state index contributed by atoms with van der Waals surface area (Å²) in [7, 11) is 0. The summed E-state index contributed by atoms with van der Waals surface area (Å²) in [6.07, 6.45) is 3.87. The molecular weight excluding hydrogens is 382 g/mol. The molecule has 1 amide bonds. The number of hydrogen-bond donors (Lipinski definition) is 2. The Morgan fingerprint density at radius 2 is 1.87 bits per heavy atom. The number of carbonyl (C=O) groups is 1. The van der Waals surface area contributed by atoms with E-state index < -0.39 is 6.10 Å². The van der Waals surface area contributed by atoms with Crippen molar-refractivity contribution in [1.82, 2.24) is 15.1 Å². The first-order valence-corrected chi connectivity index (χ1v) is 11.4.